The highest BCUT2D eigenvalue weighted by Crippen LogP contribution is 2.43. The van der Waals surface area contributed by atoms with Crippen molar-refractivity contribution in [1.29, 1.82) is 0 Å². The van der Waals surface area contributed by atoms with Gasteiger partial charge in [0, 0.05) is 38.8 Å². The van der Waals surface area contributed by atoms with Crippen LogP contribution >= 0.6 is 0 Å². The van der Waals surface area contributed by atoms with Gasteiger partial charge in [-0.1, -0.05) is 188 Å². The molecule has 0 bridgehead atoms. The Bertz CT molecular complexity index is 2890. The fourth-order valence-corrected chi connectivity index (χ4v) is 7.47. The fourth-order valence-electron chi connectivity index (χ4n) is 7.47. The lowest BCUT2D eigenvalue weighted by Gasteiger charge is -2.14. The maximum atomic E-state index is 5.40. The molecule has 0 fully saturated rings. The van der Waals surface area contributed by atoms with E-state index in [0.29, 0.717) is 17.5 Å². The molecule has 7 aromatic carbocycles. The summed E-state index contributed by atoms with van der Waals surface area (Å²) in [7, 11) is 0. The number of benzene rings is 7. The molecule has 3 aromatic heterocycles. The molecule has 0 atom stereocenters. The third kappa shape index (κ3) is 5.94. The monoisotopic (exact) mass is 703 g/mol. The zero-order valence-corrected chi connectivity index (χ0v) is 29.8. The molecule has 55 heavy (non-hydrogen) atoms. The van der Waals surface area contributed by atoms with Crippen LogP contribution in [0.5, 0.6) is 0 Å². The van der Waals surface area contributed by atoms with Crippen LogP contribution < -0.4 is 0 Å². The second-order valence-corrected chi connectivity index (χ2v) is 13.5. The lowest BCUT2D eigenvalue weighted by atomic mass is 9.93. The second kappa shape index (κ2) is 13.8. The molecule has 0 aliphatic heterocycles. The van der Waals surface area contributed by atoms with E-state index in [2.05, 4.69) is 144 Å². The summed E-state index contributed by atoms with van der Waals surface area (Å²) < 4.78 is 2.14. The Morgan fingerprint density at radius 2 is 0.782 bits per heavy atom. The van der Waals surface area contributed by atoms with Crippen molar-refractivity contribution < 1.29 is 0 Å². The standard InChI is InChI=1S/C50H33N5/c1-6-18-34(19-7-1)44-33-43-41(30-17-31-42(43)47-45(35-20-8-2-9-21-35)46(54-55(44)47)36-22-10-3-11-23-36)39-28-16-29-40(32-39)50-52-48(37-24-12-4-13-25-37)51-49(53-50)38-26-14-5-15-27-38/h1-33H. The van der Waals surface area contributed by atoms with E-state index in [0.717, 1.165) is 77.7 Å². The molecule has 0 spiro atoms. The average molecular weight is 704 g/mol. The van der Waals surface area contributed by atoms with E-state index >= 15 is 0 Å². The third-order valence-corrected chi connectivity index (χ3v) is 10.1. The van der Waals surface area contributed by atoms with Crippen LogP contribution in [0.2, 0.25) is 0 Å². The van der Waals surface area contributed by atoms with Gasteiger partial charge in [0.2, 0.25) is 0 Å². The molecule has 258 valence electrons. The van der Waals surface area contributed by atoms with E-state index in [4.69, 9.17) is 20.1 Å². The molecular formula is C50H33N5. The predicted octanol–water partition coefficient (Wildman–Crippen LogP) is 12.3. The van der Waals surface area contributed by atoms with Gasteiger partial charge in [-0.05, 0) is 34.2 Å². The summed E-state index contributed by atoms with van der Waals surface area (Å²) in [5.41, 5.74) is 12.4. The first-order valence-corrected chi connectivity index (χ1v) is 18.4. The van der Waals surface area contributed by atoms with Crippen molar-refractivity contribution in [3.63, 3.8) is 0 Å². The van der Waals surface area contributed by atoms with Crippen molar-refractivity contribution in [2.45, 2.75) is 0 Å². The molecule has 0 aliphatic carbocycles. The van der Waals surface area contributed by atoms with Gasteiger partial charge in [-0.25, -0.2) is 19.5 Å². The van der Waals surface area contributed by atoms with Gasteiger partial charge >= 0.3 is 0 Å². The normalized spacial score (nSPS) is 11.3. The van der Waals surface area contributed by atoms with Crippen molar-refractivity contribution in [1.82, 2.24) is 24.6 Å². The van der Waals surface area contributed by atoms with Crippen molar-refractivity contribution in [2.75, 3.05) is 0 Å². The lowest BCUT2D eigenvalue weighted by molar-refractivity contribution is 0.979. The van der Waals surface area contributed by atoms with Crippen LogP contribution in [0.1, 0.15) is 0 Å². The highest BCUT2D eigenvalue weighted by Gasteiger charge is 2.23. The Balaban J connectivity index is 1.22. The summed E-state index contributed by atoms with van der Waals surface area (Å²) in [6, 6.07) is 69.3. The molecule has 0 aliphatic rings. The van der Waals surface area contributed by atoms with Crippen LogP contribution in [0.25, 0.3) is 95.2 Å². The molecule has 10 rings (SSSR count). The van der Waals surface area contributed by atoms with Crippen LogP contribution in [-0.2, 0) is 0 Å². The Labute approximate surface area is 318 Å². The number of aromatic nitrogens is 5. The SMILES string of the molecule is c1ccc(-c2nc(-c3ccccc3)nc(-c3cccc(-c4cccc5c4cc(-c4ccccc4)n4nc(-c6ccccc6)c(-c6ccccc6)c54)c3)n2)cc1. The number of hydrogen-bond donors (Lipinski definition) is 0. The van der Waals surface area contributed by atoms with Gasteiger partial charge in [-0.2, -0.15) is 5.10 Å². The Morgan fingerprint density at radius 3 is 1.36 bits per heavy atom. The summed E-state index contributed by atoms with van der Waals surface area (Å²) in [5, 5.41) is 7.65. The van der Waals surface area contributed by atoms with E-state index < -0.39 is 0 Å². The quantitative estimate of drug-likeness (QED) is 0.166. The zero-order chi connectivity index (χ0) is 36.6. The highest BCUT2D eigenvalue weighted by atomic mass is 15.2. The van der Waals surface area contributed by atoms with Crippen LogP contribution in [0.4, 0.5) is 0 Å². The first kappa shape index (κ1) is 32.2. The Morgan fingerprint density at radius 1 is 0.327 bits per heavy atom. The Kier molecular flexibility index (Phi) is 8.08. The van der Waals surface area contributed by atoms with Crippen molar-refractivity contribution in [3.8, 4) is 78.9 Å². The van der Waals surface area contributed by atoms with Crippen molar-refractivity contribution in [3.05, 3.63) is 200 Å². The first-order valence-electron chi connectivity index (χ1n) is 18.4. The molecule has 0 amide bonds. The summed E-state index contributed by atoms with van der Waals surface area (Å²) in [6.45, 7) is 0. The smallest absolute Gasteiger partial charge is 0.164 e. The number of fused-ring (bicyclic) bond motifs is 3. The fraction of sp³-hybridized carbons (Fsp3) is 0. The number of hydrogen-bond acceptors (Lipinski definition) is 4. The van der Waals surface area contributed by atoms with E-state index in [1.165, 1.54) is 0 Å². The topological polar surface area (TPSA) is 56.0 Å². The molecule has 5 heteroatoms. The molecule has 0 saturated carbocycles. The minimum absolute atomic E-state index is 0.622. The van der Waals surface area contributed by atoms with E-state index in [9.17, 15) is 0 Å². The molecule has 0 unspecified atom stereocenters. The molecule has 10 aromatic rings. The van der Waals surface area contributed by atoms with Crippen LogP contribution in [0, 0.1) is 0 Å². The van der Waals surface area contributed by atoms with Crippen LogP contribution in [0.3, 0.4) is 0 Å². The molecule has 3 heterocycles. The summed E-state index contributed by atoms with van der Waals surface area (Å²) in [5.74, 6) is 1.90. The highest BCUT2D eigenvalue weighted by molar-refractivity contribution is 6.12. The maximum Gasteiger partial charge on any atom is 0.164 e. The second-order valence-electron chi connectivity index (χ2n) is 13.5. The maximum absolute atomic E-state index is 5.40. The number of nitrogens with zero attached hydrogens (tertiary/aromatic N) is 5. The number of pyridine rings is 1. The van der Waals surface area contributed by atoms with Gasteiger partial charge in [-0.3, -0.25) is 0 Å². The molecule has 0 radical (unpaired) electrons. The van der Waals surface area contributed by atoms with Gasteiger partial charge < -0.3 is 0 Å². The van der Waals surface area contributed by atoms with Gasteiger partial charge in [0.05, 0.1) is 11.2 Å². The average Bonchev–Trinajstić information content (AvgIpc) is 3.69. The van der Waals surface area contributed by atoms with Gasteiger partial charge in [0.15, 0.2) is 17.5 Å². The molecular weight excluding hydrogens is 671 g/mol. The van der Waals surface area contributed by atoms with E-state index in [-0.39, 0.29) is 0 Å². The van der Waals surface area contributed by atoms with E-state index in [1.807, 2.05) is 60.7 Å². The zero-order valence-electron chi connectivity index (χ0n) is 29.8. The third-order valence-electron chi connectivity index (χ3n) is 10.1. The van der Waals surface area contributed by atoms with Crippen LogP contribution in [0.15, 0.2) is 200 Å². The van der Waals surface area contributed by atoms with Crippen molar-refractivity contribution in [2.24, 2.45) is 0 Å². The largest absolute Gasteiger partial charge is 0.231 e. The van der Waals surface area contributed by atoms with Crippen molar-refractivity contribution >= 4 is 16.3 Å². The minimum atomic E-state index is 0.622. The predicted molar refractivity (Wildman–Crippen MR) is 224 cm³/mol. The van der Waals surface area contributed by atoms with E-state index in [1.54, 1.807) is 0 Å². The Hall–Kier alpha value is -7.50. The summed E-state index contributed by atoms with van der Waals surface area (Å²) in [4.78, 5) is 15.0. The van der Waals surface area contributed by atoms with Gasteiger partial charge in [0.1, 0.15) is 5.69 Å². The molecule has 5 nitrogen and oxygen atoms in total. The van der Waals surface area contributed by atoms with Crippen LogP contribution in [-0.4, -0.2) is 24.6 Å². The van der Waals surface area contributed by atoms with Gasteiger partial charge in [-0.15, -0.1) is 0 Å². The number of rotatable bonds is 7. The summed E-state index contributed by atoms with van der Waals surface area (Å²) >= 11 is 0. The lowest BCUT2D eigenvalue weighted by Crippen LogP contribution is -2.00. The van der Waals surface area contributed by atoms with Gasteiger partial charge in [0.25, 0.3) is 0 Å². The molecule has 0 N–H and O–H groups in total. The summed E-state index contributed by atoms with van der Waals surface area (Å²) in [6.07, 6.45) is 0. The first-order chi connectivity index (χ1) is 27.3. The molecule has 0 saturated heterocycles. The minimum Gasteiger partial charge on any atom is -0.231 e.